The largest absolute Gasteiger partial charge is 0.361 e. The maximum atomic E-state index is 13.1. The molecule has 1 aliphatic carbocycles. The van der Waals surface area contributed by atoms with Crippen molar-refractivity contribution >= 4 is 21.1 Å². The Morgan fingerprint density at radius 2 is 1.92 bits per heavy atom. The van der Waals surface area contributed by atoms with Crippen LogP contribution in [0.5, 0.6) is 0 Å². The van der Waals surface area contributed by atoms with Crippen molar-refractivity contribution in [2.75, 3.05) is 0 Å². The molecule has 0 saturated heterocycles. The van der Waals surface area contributed by atoms with E-state index in [2.05, 4.69) is 19.8 Å². The average Bonchev–Trinajstić information content (AvgIpc) is 3.26. The second-order valence-electron chi connectivity index (χ2n) is 6.99. The standard InChI is InChI=1S/C18H22N4O3S/c1-10-17(11(2)25-21-10)13-8-15-18(20-12(3)19-15)16(9-13)26(23,24)22-14-6-4-5-7-14/h8-9,14,22H,4-7H2,1-3H3,(H,19,20). The number of nitrogens with one attached hydrogen (secondary N) is 2. The Morgan fingerprint density at radius 3 is 2.58 bits per heavy atom. The second-order valence-corrected chi connectivity index (χ2v) is 8.68. The number of fused-ring (bicyclic) bond motifs is 1. The summed E-state index contributed by atoms with van der Waals surface area (Å²) in [4.78, 5) is 7.75. The van der Waals surface area contributed by atoms with Gasteiger partial charge in [0.2, 0.25) is 10.0 Å². The van der Waals surface area contributed by atoms with E-state index in [1.165, 1.54) is 0 Å². The van der Waals surface area contributed by atoms with E-state index < -0.39 is 10.0 Å². The summed E-state index contributed by atoms with van der Waals surface area (Å²) in [5.41, 5.74) is 3.45. The summed E-state index contributed by atoms with van der Waals surface area (Å²) in [6.07, 6.45) is 3.88. The molecule has 1 aromatic carbocycles. The highest BCUT2D eigenvalue weighted by Crippen LogP contribution is 2.33. The summed E-state index contributed by atoms with van der Waals surface area (Å²) in [6, 6.07) is 3.57. The van der Waals surface area contributed by atoms with Gasteiger partial charge in [-0.25, -0.2) is 18.1 Å². The van der Waals surface area contributed by atoms with Gasteiger partial charge in [0.05, 0.1) is 11.2 Å². The van der Waals surface area contributed by atoms with Crippen LogP contribution in [0.1, 0.15) is 43.0 Å². The lowest BCUT2D eigenvalue weighted by atomic mass is 10.0. The van der Waals surface area contributed by atoms with Gasteiger partial charge in [-0.3, -0.25) is 0 Å². The summed E-state index contributed by atoms with van der Waals surface area (Å²) >= 11 is 0. The highest BCUT2D eigenvalue weighted by Gasteiger charge is 2.27. The minimum absolute atomic E-state index is 0.00203. The van der Waals surface area contributed by atoms with E-state index in [9.17, 15) is 8.42 Å². The molecule has 1 saturated carbocycles. The first-order valence-electron chi connectivity index (χ1n) is 8.81. The van der Waals surface area contributed by atoms with Crippen molar-refractivity contribution in [3.8, 4) is 11.1 Å². The Morgan fingerprint density at radius 1 is 1.19 bits per heavy atom. The van der Waals surface area contributed by atoms with E-state index in [0.29, 0.717) is 22.6 Å². The number of nitrogens with zero attached hydrogens (tertiary/aromatic N) is 2. The lowest BCUT2D eigenvalue weighted by molar-refractivity contribution is 0.393. The highest BCUT2D eigenvalue weighted by atomic mass is 32.2. The topological polar surface area (TPSA) is 101 Å². The number of benzene rings is 1. The maximum absolute atomic E-state index is 13.1. The first kappa shape index (κ1) is 17.2. The van der Waals surface area contributed by atoms with Crippen molar-refractivity contribution in [1.82, 2.24) is 19.8 Å². The van der Waals surface area contributed by atoms with E-state index in [-0.39, 0.29) is 10.9 Å². The molecule has 3 aromatic rings. The minimum Gasteiger partial charge on any atom is -0.361 e. The van der Waals surface area contributed by atoms with Gasteiger partial charge in [0.25, 0.3) is 0 Å². The maximum Gasteiger partial charge on any atom is 0.243 e. The van der Waals surface area contributed by atoms with Crippen LogP contribution in [0.3, 0.4) is 0 Å². The van der Waals surface area contributed by atoms with Gasteiger partial charge >= 0.3 is 0 Å². The van der Waals surface area contributed by atoms with Crippen LogP contribution in [-0.4, -0.2) is 29.6 Å². The molecule has 2 heterocycles. The van der Waals surface area contributed by atoms with Crippen LogP contribution in [0.4, 0.5) is 0 Å². The molecule has 7 nitrogen and oxygen atoms in total. The highest BCUT2D eigenvalue weighted by molar-refractivity contribution is 7.89. The van der Waals surface area contributed by atoms with Crippen molar-refractivity contribution in [2.24, 2.45) is 0 Å². The number of hydrogen-bond donors (Lipinski definition) is 2. The third-order valence-electron chi connectivity index (χ3n) is 4.96. The van der Waals surface area contributed by atoms with E-state index in [0.717, 1.165) is 42.5 Å². The van der Waals surface area contributed by atoms with E-state index in [1.54, 1.807) is 6.07 Å². The lowest BCUT2D eigenvalue weighted by Crippen LogP contribution is -2.32. The summed E-state index contributed by atoms with van der Waals surface area (Å²) < 4.78 is 34.3. The number of H-pyrrole nitrogens is 1. The Bertz CT molecular complexity index is 1060. The van der Waals surface area contributed by atoms with Gasteiger partial charge in [-0.15, -0.1) is 0 Å². The fourth-order valence-corrected chi connectivity index (χ4v) is 5.27. The average molecular weight is 374 g/mol. The SMILES string of the molecule is Cc1nc2c(S(=O)(=O)NC3CCCC3)cc(-c3c(C)noc3C)cc2[nH]1. The van der Waals surface area contributed by atoms with Crippen molar-refractivity contribution in [3.05, 3.63) is 29.4 Å². The van der Waals surface area contributed by atoms with Gasteiger partial charge in [0.15, 0.2) is 0 Å². The van der Waals surface area contributed by atoms with Crippen LogP contribution < -0.4 is 4.72 Å². The predicted molar refractivity (Wildman–Crippen MR) is 98.4 cm³/mol. The fourth-order valence-electron chi connectivity index (χ4n) is 3.78. The van der Waals surface area contributed by atoms with E-state index >= 15 is 0 Å². The van der Waals surface area contributed by atoms with Crippen molar-refractivity contribution < 1.29 is 12.9 Å². The van der Waals surface area contributed by atoms with Gasteiger partial charge in [-0.2, -0.15) is 0 Å². The Kier molecular flexibility index (Phi) is 4.11. The molecule has 0 atom stereocenters. The monoisotopic (exact) mass is 374 g/mol. The van der Waals surface area contributed by atoms with Gasteiger partial charge in [0.1, 0.15) is 22.0 Å². The second kappa shape index (κ2) is 6.21. The molecule has 26 heavy (non-hydrogen) atoms. The van der Waals surface area contributed by atoms with Gasteiger partial charge in [-0.1, -0.05) is 18.0 Å². The molecule has 8 heteroatoms. The number of aromatic nitrogens is 3. The molecular formula is C18H22N4O3S. The molecule has 2 N–H and O–H groups in total. The molecular weight excluding hydrogens is 352 g/mol. The first-order valence-corrected chi connectivity index (χ1v) is 10.3. The minimum atomic E-state index is -3.68. The zero-order valence-corrected chi connectivity index (χ0v) is 15.9. The summed E-state index contributed by atoms with van der Waals surface area (Å²) in [5, 5.41) is 3.99. The van der Waals surface area contributed by atoms with E-state index in [1.807, 2.05) is 26.8 Å². The van der Waals surface area contributed by atoms with Crippen LogP contribution in [0.15, 0.2) is 21.6 Å². The summed E-state index contributed by atoms with van der Waals surface area (Å²) in [5.74, 6) is 1.33. The van der Waals surface area contributed by atoms with Crippen LogP contribution in [0, 0.1) is 20.8 Å². The number of imidazole rings is 1. The molecule has 0 amide bonds. The molecule has 0 spiro atoms. The van der Waals surface area contributed by atoms with Crippen LogP contribution in [0.25, 0.3) is 22.2 Å². The predicted octanol–water partition coefficient (Wildman–Crippen LogP) is 3.36. The zero-order chi connectivity index (χ0) is 18.5. The number of aromatic amines is 1. The molecule has 0 aliphatic heterocycles. The Labute approximate surface area is 152 Å². The molecule has 1 fully saturated rings. The van der Waals surface area contributed by atoms with Gasteiger partial charge < -0.3 is 9.51 Å². The molecule has 4 rings (SSSR count). The zero-order valence-electron chi connectivity index (χ0n) is 15.1. The van der Waals surface area contributed by atoms with Gasteiger partial charge in [0, 0.05) is 11.6 Å². The van der Waals surface area contributed by atoms with Crippen LogP contribution in [-0.2, 0) is 10.0 Å². The van der Waals surface area contributed by atoms with Gasteiger partial charge in [-0.05, 0) is 51.3 Å². The summed E-state index contributed by atoms with van der Waals surface area (Å²) in [6.45, 7) is 5.48. The van der Waals surface area contributed by atoms with Crippen molar-refractivity contribution in [3.63, 3.8) is 0 Å². The third kappa shape index (κ3) is 2.93. The van der Waals surface area contributed by atoms with Crippen LogP contribution in [0.2, 0.25) is 0 Å². The number of rotatable bonds is 4. The van der Waals surface area contributed by atoms with E-state index in [4.69, 9.17) is 4.52 Å². The molecule has 2 aromatic heterocycles. The van der Waals surface area contributed by atoms with Crippen molar-refractivity contribution in [1.29, 1.82) is 0 Å². The van der Waals surface area contributed by atoms with Crippen LogP contribution >= 0.6 is 0 Å². The fraction of sp³-hybridized carbons (Fsp3) is 0.444. The molecule has 0 unspecified atom stereocenters. The summed E-state index contributed by atoms with van der Waals surface area (Å²) in [7, 11) is -3.68. The smallest absolute Gasteiger partial charge is 0.243 e. The molecule has 0 radical (unpaired) electrons. The normalized spacial score (nSPS) is 16.0. The Balaban J connectivity index is 1.90. The Hall–Kier alpha value is -2.19. The quantitative estimate of drug-likeness (QED) is 0.729. The third-order valence-corrected chi connectivity index (χ3v) is 6.49. The van der Waals surface area contributed by atoms with Crippen molar-refractivity contribution in [2.45, 2.75) is 57.4 Å². The molecule has 138 valence electrons. The number of aryl methyl sites for hydroxylation is 3. The molecule has 1 aliphatic rings. The first-order chi connectivity index (χ1) is 12.3. The number of hydrogen-bond acceptors (Lipinski definition) is 5. The molecule has 0 bridgehead atoms. The lowest BCUT2D eigenvalue weighted by Gasteiger charge is -2.14. The number of sulfonamides is 1.